The quantitative estimate of drug-likeness (QED) is 0.595. The maximum absolute atomic E-state index is 13.3. The predicted molar refractivity (Wildman–Crippen MR) is 70.4 cm³/mol. The summed E-state index contributed by atoms with van der Waals surface area (Å²) >= 11 is 5.88. The van der Waals surface area contributed by atoms with E-state index >= 15 is 0 Å². The second-order valence-corrected chi connectivity index (χ2v) is 4.26. The lowest BCUT2D eigenvalue weighted by Crippen LogP contribution is -2.05. The van der Waals surface area contributed by atoms with Crippen molar-refractivity contribution < 1.29 is 9.13 Å². The minimum absolute atomic E-state index is 0.255. The van der Waals surface area contributed by atoms with E-state index in [9.17, 15) is 4.39 Å². The van der Waals surface area contributed by atoms with Gasteiger partial charge in [0, 0.05) is 19.8 Å². The molecule has 5 heteroatoms. The molecule has 98 valence electrons. The molecule has 0 aliphatic heterocycles. The zero-order chi connectivity index (χ0) is 13.0. The van der Waals surface area contributed by atoms with Crippen LogP contribution >= 0.6 is 11.6 Å². The molecule has 0 amide bonds. The maximum Gasteiger partial charge on any atom is 0.125 e. The largest absolute Gasteiger partial charge is 0.382 e. The van der Waals surface area contributed by atoms with E-state index in [0.717, 1.165) is 29.8 Å². The van der Waals surface area contributed by atoms with E-state index in [1.54, 1.807) is 6.07 Å². The number of hydrogen-bond acceptors (Lipinski definition) is 2. The molecule has 0 unspecified atom stereocenters. The van der Waals surface area contributed by atoms with Gasteiger partial charge in [-0.05, 0) is 31.5 Å². The number of halogens is 2. The van der Waals surface area contributed by atoms with E-state index < -0.39 is 0 Å². The van der Waals surface area contributed by atoms with Crippen molar-refractivity contribution in [1.82, 2.24) is 9.55 Å². The molecule has 0 aliphatic rings. The van der Waals surface area contributed by atoms with Crippen molar-refractivity contribution in [2.75, 3.05) is 13.2 Å². The Morgan fingerprint density at radius 2 is 2.28 bits per heavy atom. The lowest BCUT2D eigenvalue weighted by Gasteiger charge is -2.07. The van der Waals surface area contributed by atoms with Gasteiger partial charge in [-0.25, -0.2) is 9.37 Å². The SMILES string of the molecule is CCOCCCn1c(CCl)nc2ccc(F)cc21. The van der Waals surface area contributed by atoms with Gasteiger partial charge >= 0.3 is 0 Å². The fourth-order valence-electron chi connectivity index (χ4n) is 1.97. The molecule has 0 aliphatic carbocycles. The number of aromatic nitrogens is 2. The highest BCUT2D eigenvalue weighted by Gasteiger charge is 2.10. The van der Waals surface area contributed by atoms with Crippen LogP contribution in [0.4, 0.5) is 4.39 Å². The summed E-state index contributed by atoms with van der Waals surface area (Å²) in [5.74, 6) is 0.841. The van der Waals surface area contributed by atoms with Crippen molar-refractivity contribution >= 4 is 22.6 Å². The van der Waals surface area contributed by atoms with Crippen molar-refractivity contribution in [3.05, 3.63) is 29.8 Å². The van der Waals surface area contributed by atoms with Crippen molar-refractivity contribution in [2.24, 2.45) is 0 Å². The smallest absolute Gasteiger partial charge is 0.125 e. The first kappa shape index (κ1) is 13.3. The Kier molecular flexibility index (Phi) is 4.55. The minimum atomic E-state index is -0.255. The highest BCUT2D eigenvalue weighted by Crippen LogP contribution is 2.19. The summed E-state index contributed by atoms with van der Waals surface area (Å²) in [6, 6.07) is 4.59. The number of fused-ring (bicyclic) bond motifs is 1. The number of alkyl halides is 1. The summed E-state index contributed by atoms with van der Waals surface area (Å²) in [6.45, 7) is 4.10. The fraction of sp³-hybridized carbons (Fsp3) is 0.462. The first-order chi connectivity index (χ1) is 8.76. The number of ether oxygens (including phenoxy) is 1. The fourth-order valence-corrected chi connectivity index (χ4v) is 2.17. The molecule has 0 fully saturated rings. The van der Waals surface area contributed by atoms with Crippen LogP contribution in [0.2, 0.25) is 0 Å². The number of hydrogen-bond donors (Lipinski definition) is 0. The van der Waals surface area contributed by atoms with Crippen LogP contribution in [0.1, 0.15) is 19.2 Å². The standard InChI is InChI=1S/C13H16ClFN2O/c1-2-18-7-3-6-17-12-8-10(15)4-5-11(12)16-13(17)9-14/h4-5,8H,2-3,6-7,9H2,1H3. The van der Waals surface area contributed by atoms with Crippen LogP contribution in [-0.4, -0.2) is 22.8 Å². The molecule has 0 saturated carbocycles. The first-order valence-corrected chi connectivity index (χ1v) is 6.58. The summed E-state index contributed by atoms with van der Waals surface area (Å²) in [5, 5.41) is 0. The molecule has 0 bridgehead atoms. The van der Waals surface area contributed by atoms with Crippen LogP contribution < -0.4 is 0 Å². The summed E-state index contributed by atoms with van der Waals surface area (Å²) < 4.78 is 20.5. The zero-order valence-corrected chi connectivity index (χ0v) is 11.1. The van der Waals surface area contributed by atoms with Crippen LogP contribution in [0.15, 0.2) is 18.2 Å². The van der Waals surface area contributed by atoms with Gasteiger partial charge in [0.15, 0.2) is 0 Å². The average Bonchev–Trinajstić information content (AvgIpc) is 2.72. The van der Waals surface area contributed by atoms with E-state index in [-0.39, 0.29) is 5.82 Å². The highest BCUT2D eigenvalue weighted by atomic mass is 35.5. The van der Waals surface area contributed by atoms with Gasteiger partial charge in [-0.3, -0.25) is 0 Å². The van der Waals surface area contributed by atoms with Gasteiger partial charge < -0.3 is 9.30 Å². The highest BCUT2D eigenvalue weighted by molar-refractivity contribution is 6.16. The summed E-state index contributed by atoms with van der Waals surface area (Å²) in [4.78, 5) is 4.39. The molecule has 1 aromatic heterocycles. The zero-order valence-electron chi connectivity index (χ0n) is 10.3. The van der Waals surface area contributed by atoms with E-state index in [1.807, 2.05) is 11.5 Å². The van der Waals surface area contributed by atoms with Crippen molar-refractivity contribution in [2.45, 2.75) is 25.8 Å². The van der Waals surface area contributed by atoms with Crippen molar-refractivity contribution in [1.29, 1.82) is 0 Å². The number of benzene rings is 1. The Hall–Kier alpha value is -1.13. The lowest BCUT2D eigenvalue weighted by atomic mass is 10.3. The molecule has 1 aromatic carbocycles. The first-order valence-electron chi connectivity index (χ1n) is 6.04. The predicted octanol–water partition coefficient (Wildman–Crippen LogP) is 3.34. The van der Waals surface area contributed by atoms with E-state index in [1.165, 1.54) is 12.1 Å². The maximum atomic E-state index is 13.3. The lowest BCUT2D eigenvalue weighted by molar-refractivity contribution is 0.142. The van der Waals surface area contributed by atoms with Gasteiger partial charge in [-0.2, -0.15) is 0 Å². The minimum Gasteiger partial charge on any atom is -0.382 e. The molecule has 0 saturated heterocycles. The second kappa shape index (κ2) is 6.16. The van der Waals surface area contributed by atoms with E-state index in [0.29, 0.717) is 19.1 Å². The second-order valence-electron chi connectivity index (χ2n) is 4.00. The Morgan fingerprint density at radius 1 is 1.44 bits per heavy atom. The van der Waals surface area contributed by atoms with Gasteiger partial charge in [0.05, 0.1) is 16.9 Å². The number of imidazole rings is 1. The van der Waals surface area contributed by atoms with E-state index in [4.69, 9.17) is 16.3 Å². The van der Waals surface area contributed by atoms with Gasteiger partial charge in [0.2, 0.25) is 0 Å². The van der Waals surface area contributed by atoms with Gasteiger partial charge in [0.1, 0.15) is 11.6 Å². The Labute approximate surface area is 111 Å². The molecular formula is C13H16ClFN2O. The molecule has 0 spiro atoms. The number of nitrogens with zero attached hydrogens (tertiary/aromatic N) is 2. The number of aryl methyl sites for hydroxylation is 1. The molecule has 1 heterocycles. The van der Waals surface area contributed by atoms with E-state index in [2.05, 4.69) is 4.98 Å². The monoisotopic (exact) mass is 270 g/mol. The average molecular weight is 271 g/mol. The third kappa shape index (κ3) is 2.82. The summed E-state index contributed by atoms with van der Waals surface area (Å²) in [5.41, 5.74) is 1.57. The van der Waals surface area contributed by atoms with Crippen LogP contribution in [-0.2, 0) is 17.2 Å². The van der Waals surface area contributed by atoms with Crippen molar-refractivity contribution in [3.8, 4) is 0 Å². The number of rotatable bonds is 6. The molecule has 0 radical (unpaired) electrons. The van der Waals surface area contributed by atoms with Crippen LogP contribution in [0.5, 0.6) is 0 Å². The Morgan fingerprint density at radius 3 is 3.00 bits per heavy atom. The topological polar surface area (TPSA) is 27.1 Å². The molecular weight excluding hydrogens is 255 g/mol. The Balaban J connectivity index is 2.25. The summed E-state index contributed by atoms with van der Waals surface area (Å²) in [7, 11) is 0. The van der Waals surface area contributed by atoms with Gasteiger partial charge in [-0.1, -0.05) is 0 Å². The third-order valence-electron chi connectivity index (χ3n) is 2.78. The normalized spacial score (nSPS) is 11.3. The van der Waals surface area contributed by atoms with Gasteiger partial charge in [-0.15, -0.1) is 11.6 Å². The molecule has 2 aromatic rings. The molecule has 18 heavy (non-hydrogen) atoms. The molecule has 0 atom stereocenters. The van der Waals surface area contributed by atoms with Crippen LogP contribution in [0.3, 0.4) is 0 Å². The van der Waals surface area contributed by atoms with Crippen LogP contribution in [0.25, 0.3) is 11.0 Å². The molecule has 0 N–H and O–H groups in total. The summed E-state index contributed by atoms with van der Waals surface area (Å²) in [6.07, 6.45) is 0.861. The molecule has 3 nitrogen and oxygen atoms in total. The molecule has 2 rings (SSSR count). The van der Waals surface area contributed by atoms with Crippen LogP contribution in [0, 0.1) is 5.82 Å². The Bertz CT molecular complexity index is 527. The third-order valence-corrected chi connectivity index (χ3v) is 3.02. The van der Waals surface area contributed by atoms with Gasteiger partial charge in [0.25, 0.3) is 0 Å². The van der Waals surface area contributed by atoms with Crippen molar-refractivity contribution in [3.63, 3.8) is 0 Å².